The first kappa shape index (κ1) is 14.5. The molecule has 0 unspecified atom stereocenters. The Bertz CT molecular complexity index is 562. The summed E-state index contributed by atoms with van der Waals surface area (Å²) < 4.78 is 0. The van der Waals surface area contributed by atoms with Gasteiger partial charge in [-0.15, -0.1) is 0 Å². The number of para-hydroxylation sites is 1. The minimum Gasteiger partial charge on any atom is -0.248 e. The number of benzene rings is 1. The van der Waals surface area contributed by atoms with Gasteiger partial charge in [0.2, 0.25) is 0 Å². The standard InChI is InChI=1S/C17H24NP/c1-16(2,3)19(17(4,5)6)15-12-11-13-9-7-8-10-14(13)18-15/h7-12H,1-6H3. The summed E-state index contributed by atoms with van der Waals surface area (Å²) in [7, 11) is -0.322. The van der Waals surface area contributed by atoms with Crippen molar-refractivity contribution in [2.75, 3.05) is 0 Å². The molecule has 19 heavy (non-hydrogen) atoms. The van der Waals surface area contributed by atoms with Crippen molar-refractivity contribution < 1.29 is 0 Å². The number of hydrogen-bond donors (Lipinski definition) is 0. The highest BCUT2D eigenvalue weighted by molar-refractivity contribution is 7.68. The van der Waals surface area contributed by atoms with E-state index in [1.165, 1.54) is 10.8 Å². The van der Waals surface area contributed by atoms with Crippen LogP contribution in [-0.4, -0.2) is 15.3 Å². The largest absolute Gasteiger partial charge is 0.248 e. The Labute approximate surface area is 118 Å². The first-order valence-electron chi connectivity index (χ1n) is 6.86. The van der Waals surface area contributed by atoms with Gasteiger partial charge in [0, 0.05) is 5.39 Å². The monoisotopic (exact) mass is 273 g/mol. The lowest BCUT2D eigenvalue weighted by Crippen LogP contribution is -2.32. The van der Waals surface area contributed by atoms with E-state index in [-0.39, 0.29) is 18.2 Å². The van der Waals surface area contributed by atoms with Crippen LogP contribution in [0.1, 0.15) is 41.5 Å². The summed E-state index contributed by atoms with van der Waals surface area (Å²) in [5.41, 5.74) is 2.38. The second-order valence-electron chi connectivity index (χ2n) is 7.04. The lowest BCUT2D eigenvalue weighted by atomic mass is 10.2. The molecule has 0 aliphatic carbocycles. The molecule has 1 aromatic carbocycles. The Morgan fingerprint density at radius 3 is 1.95 bits per heavy atom. The van der Waals surface area contributed by atoms with Crippen LogP contribution in [0.3, 0.4) is 0 Å². The number of rotatable bonds is 1. The van der Waals surface area contributed by atoms with Crippen molar-refractivity contribution in [3.05, 3.63) is 36.4 Å². The van der Waals surface area contributed by atoms with Crippen LogP contribution < -0.4 is 5.44 Å². The Balaban J connectivity index is 2.57. The fourth-order valence-corrected chi connectivity index (χ4v) is 6.69. The van der Waals surface area contributed by atoms with Crippen molar-refractivity contribution >= 4 is 24.3 Å². The van der Waals surface area contributed by atoms with E-state index >= 15 is 0 Å². The van der Waals surface area contributed by atoms with E-state index in [4.69, 9.17) is 4.98 Å². The highest BCUT2D eigenvalue weighted by atomic mass is 31.1. The molecule has 0 N–H and O–H groups in total. The lowest BCUT2D eigenvalue weighted by molar-refractivity contribution is 0.714. The minimum atomic E-state index is -0.322. The van der Waals surface area contributed by atoms with Crippen LogP contribution in [0.4, 0.5) is 0 Å². The molecule has 0 bridgehead atoms. The SMILES string of the molecule is CC(C)(C)P(c1ccc2ccccc2n1)C(C)(C)C. The van der Waals surface area contributed by atoms with Crippen molar-refractivity contribution in [2.24, 2.45) is 0 Å². The number of fused-ring (bicyclic) bond motifs is 1. The zero-order valence-corrected chi connectivity index (χ0v) is 13.8. The molecule has 0 fully saturated rings. The van der Waals surface area contributed by atoms with E-state index in [2.05, 4.69) is 77.9 Å². The fourth-order valence-electron chi connectivity index (χ4n) is 2.87. The molecule has 1 nitrogen and oxygen atoms in total. The van der Waals surface area contributed by atoms with Gasteiger partial charge in [-0.25, -0.2) is 4.98 Å². The Morgan fingerprint density at radius 2 is 1.37 bits per heavy atom. The van der Waals surface area contributed by atoms with Gasteiger partial charge < -0.3 is 0 Å². The summed E-state index contributed by atoms with van der Waals surface area (Å²) in [4.78, 5) is 4.94. The smallest absolute Gasteiger partial charge is 0.0709 e. The van der Waals surface area contributed by atoms with E-state index in [1.54, 1.807) is 0 Å². The van der Waals surface area contributed by atoms with E-state index in [1.807, 2.05) is 0 Å². The van der Waals surface area contributed by atoms with Gasteiger partial charge in [-0.1, -0.05) is 65.8 Å². The summed E-state index contributed by atoms with van der Waals surface area (Å²) in [6, 6.07) is 12.8. The van der Waals surface area contributed by atoms with E-state index in [9.17, 15) is 0 Å². The summed E-state index contributed by atoms with van der Waals surface area (Å²) in [5.74, 6) is 0. The Morgan fingerprint density at radius 1 is 0.789 bits per heavy atom. The molecule has 2 heteroatoms. The lowest BCUT2D eigenvalue weighted by Gasteiger charge is -2.40. The van der Waals surface area contributed by atoms with E-state index in [0.29, 0.717) is 0 Å². The molecule has 0 spiro atoms. The van der Waals surface area contributed by atoms with Gasteiger partial charge in [-0.3, -0.25) is 0 Å². The average molecular weight is 273 g/mol. The molecule has 102 valence electrons. The van der Waals surface area contributed by atoms with Crippen molar-refractivity contribution in [3.8, 4) is 0 Å². The van der Waals surface area contributed by atoms with Gasteiger partial charge in [0.1, 0.15) is 0 Å². The maximum Gasteiger partial charge on any atom is 0.0709 e. The van der Waals surface area contributed by atoms with E-state index in [0.717, 1.165) is 5.52 Å². The van der Waals surface area contributed by atoms with Gasteiger partial charge in [0.15, 0.2) is 0 Å². The minimum absolute atomic E-state index is 0.267. The number of hydrogen-bond acceptors (Lipinski definition) is 1. The molecule has 1 aromatic heterocycles. The quantitative estimate of drug-likeness (QED) is 0.671. The van der Waals surface area contributed by atoms with E-state index < -0.39 is 0 Å². The second kappa shape index (κ2) is 4.87. The number of aromatic nitrogens is 1. The molecular weight excluding hydrogens is 249 g/mol. The van der Waals surface area contributed by atoms with Crippen molar-refractivity contribution in [1.29, 1.82) is 0 Å². The maximum absolute atomic E-state index is 4.94. The zero-order chi connectivity index (χ0) is 14.3. The third kappa shape index (κ3) is 3.15. The van der Waals surface area contributed by atoms with Crippen molar-refractivity contribution in [2.45, 2.75) is 51.9 Å². The molecule has 0 atom stereocenters. The molecule has 1 heterocycles. The van der Waals surface area contributed by atoms with Gasteiger partial charge in [0.25, 0.3) is 0 Å². The number of pyridine rings is 1. The van der Waals surface area contributed by atoms with Crippen LogP contribution in [0.2, 0.25) is 0 Å². The van der Waals surface area contributed by atoms with Crippen LogP contribution in [0, 0.1) is 0 Å². The Hall–Kier alpha value is -0.940. The summed E-state index contributed by atoms with van der Waals surface area (Å²) in [6.45, 7) is 14.0. The van der Waals surface area contributed by atoms with Gasteiger partial charge in [-0.2, -0.15) is 0 Å². The normalized spacial score (nSPS) is 13.2. The van der Waals surface area contributed by atoms with Crippen molar-refractivity contribution in [1.82, 2.24) is 4.98 Å². The average Bonchev–Trinajstić information content (AvgIpc) is 2.25. The molecule has 0 saturated carbocycles. The zero-order valence-electron chi connectivity index (χ0n) is 12.9. The predicted octanol–water partition coefficient (Wildman–Crippen LogP) is 4.94. The van der Waals surface area contributed by atoms with Gasteiger partial charge in [0.05, 0.1) is 11.0 Å². The molecule has 2 rings (SSSR count). The highest BCUT2D eigenvalue weighted by Gasteiger charge is 2.36. The molecule has 2 aromatic rings. The van der Waals surface area contributed by atoms with Crippen LogP contribution in [0.5, 0.6) is 0 Å². The van der Waals surface area contributed by atoms with Crippen LogP contribution in [-0.2, 0) is 0 Å². The van der Waals surface area contributed by atoms with Gasteiger partial charge >= 0.3 is 0 Å². The second-order valence-corrected chi connectivity index (χ2v) is 10.9. The Kier molecular flexibility index (Phi) is 3.71. The molecule has 0 saturated heterocycles. The molecule has 0 radical (unpaired) electrons. The molecular formula is C17H24NP. The highest BCUT2D eigenvalue weighted by Crippen LogP contribution is 2.57. The van der Waals surface area contributed by atoms with Crippen molar-refractivity contribution in [3.63, 3.8) is 0 Å². The van der Waals surface area contributed by atoms with Gasteiger partial charge in [-0.05, 0) is 30.4 Å². The predicted molar refractivity (Wildman–Crippen MR) is 87.8 cm³/mol. The number of nitrogens with zero attached hydrogens (tertiary/aromatic N) is 1. The fraction of sp³-hybridized carbons (Fsp3) is 0.471. The molecule has 0 aliphatic heterocycles. The first-order valence-corrected chi connectivity index (χ1v) is 8.20. The third-order valence-electron chi connectivity index (χ3n) is 3.15. The topological polar surface area (TPSA) is 12.9 Å². The van der Waals surface area contributed by atoms with Crippen LogP contribution >= 0.6 is 7.92 Å². The molecule has 0 aliphatic rings. The molecule has 0 amide bonds. The summed E-state index contributed by atoms with van der Waals surface area (Å²) in [6.07, 6.45) is 0. The maximum atomic E-state index is 4.94. The third-order valence-corrected chi connectivity index (χ3v) is 6.55. The summed E-state index contributed by atoms with van der Waals surface area (Å²) in [5, 5.41) is 1.76. The first-order chi connectivity index (χ1) is 8.69. The summed E-state index contributed by atoms with van der Waals surface area (Å²) >= 11 is 0. The van der Waals surface area contributed by atoms with Crippen LogP contribution in [0.25, 0.3) is 10.9 Å². The van der Waals surface area contributed by atoms with Crippen LogP contribution in [0.15, 0.2) is 36.4 Å².